The average Bonchev–Trinajstić information content (AvgIpc) is 2.67. The van der Waals surface area contributed by atoms with Gasteiger partial charge in [-0.25, -0.2) is 4.79 Å². The monoisotopic (exact) mass is 386 g/mol. The fourth-order valence-electron chi connectivity index (χ4n) is 2.55. The van der Waals surface area contributed by atoms with Crippen molar-refractivity contribution in [3.63, 3.8) is 0 Å². The lowest BCUT2D eigenvalue weighted by molar-refractivity contribution is -0.150. The molecule has 0 saturated carbocycles. The summed E-state index contributed by atoms with van der Waals surface area (Å²) in [5, 5.41) is 0.880. The number of rotatable bonds is 6. The third kappa shape index (κ3) is 4.31. The topological polar surface area (TPSA) is 65.7 Å². The highest BCUT2D eigenvalue weighted by Gasteiger charge is 2.13. The van der Waals surface area contributed by atoms with Gasteiger partial charge in [0, 0.05) is 16.7 Å². The molecule has 0 N–H and O–H groups in total. The third-order valence-corrected chi connectivity index (χ3v) is 4.50. The SMILES string of the molecule is CCC(C)OC(=O)COc1ccc2c(=O)c(-c3ccccc3Cl)coc2c1. The molecule has 0 fully saturated rings. The maximum atomic E-state index is 12.8. The zero-order valence-corrected chi connectivity index (χ0v) is 15.8. The smallest absolute Gasteiger partial charge is 0.344 e. The molecule has 0 aliphatic carbocycles. The van der Waals surface area contributed by atoms with Crippen LogP contribution in [0.25, 0.3) is 22.1 Å². The summed E-state index contributed by atoms with van der Waals surface area (Å²) in [4.78, 5) is 24.5. The maximum Gasteiger partial charge on any atom is 0.344 e. The van der Waals surface area contributed by atoms with Gasteiger partial charge >= 0.3 is 5.97 Å². The van der Waals surface area contributed by atoms with Crippen LogP contribution >= 0.6 is 11.6 Å². The molecule has 0 bridgehead atoms. The predicted octanol–water partition coefficient (Wildman–Crippen LogP) is 4.83. The van der Waals surface area contributed by atoms with E-state index in [-0.39, 0.29) is 18.1 Å². The number of halogens is 1. The Morgan fingerprint density at radius 3 is 2.70 bits per heavy atom. The molecule has 0 radical (unpaired) electrons. The lowest BCUT2D eigenvalue weighted by Crippen LogP contribution is -2.20. The molecule has 0 saturated heterocycles. The molecular formula is C21H19ClO5. The summed E-state index contributed by atoms with van der Waals surface area (Å²) < 4.78 is 16.2. The van der Waals surface area contributed by atoms with Crippen LogP contribution in [-0.2, 0) is 9.53 Å². The van der Waals surface area contributed by atoms with E-state index in [1.165, 1.54) is 6.26 Å². The highest BCUT2D eigenvalue weighted by molar-refractivity contribution is 6.33. The van der Waals surface area contributed by atoms with E-state index < -0.39 is 5.97 Å². The molecule has 3 aromatic rings. The van der Waals surface area contributed by atoms with Crippen LogP contribution in [0.1, 0.15) is 20.3 Å². The Hall–Kier alpha value is -2.79. The first kappa shape index (κ1) is 19.0. The Kier molecular flexibility index (Phi) is 5.81. The van der Waals surface area contributed by atoms with Crippen molar-refractivity contribution >= 4 is 28.5 Å². The van der Waals surface area contributed by atoms with Crippen LogP contribution in [0.4, 0.5) is 0 Å². The Bertz CT molecular complexity index is 1020. The fraction of sp³-hybridized carbons (Fsp3) is 0.238. The van der Waals surface area contributed by atoms with Crippen LogP contribution < -0.4 is 10.2 Å². The molecule has 5 nitrogen and oxygen atoms in total. The van der Waals surface area contributed by atoms with Crippen molar-refractivity contribution < 1.29 is 18.7 Å². The van der Waals surface area contributed by atoms with Gasteiger partial charge in [0.2, 0.25) is 5.43 Å². The minimum atomic E-state index is -0.444. The Labute approximate surface area is 161 Å². The maximum absolute atomic E-state index is 12.8. The molecule has 0 spiro atoms. The Balaban J connectivity index is 1.83. The van der Waals surface area contributed by atoms with Gasteiger partial charge in [-0.1, -0.05) is 36.7 Å². The van der Waals surface area contributed by atoms with Gasteiger partial charge < -0.3 is 13.9 Å². The molecule has 0 aliphatic rings. The van der Waals surface area contributed by atoms with Crippen LogP contribution in [-0.4, -0.2) is 18.7 Å². The number of carbonyl (C=O) groups is 1. The lowest BCUT2D eigenvalue weighted by atomic mass is 10.1. The molecular weight excluding hydrogens is 368 g/mol. The van der Waals surface area contributed by atoms with Crippen molar-refractivity contribution in [2.24, 2.45) is 0 Å². The molecule has 27 heavy (non-hydrogen) atoms. The van der Waals surface area contributed by atoms with E-state index in [1.54, 1.807) is 42.5 Å². The number of ether oxygens (including phenoxy) is 2. The zero-order chi connectivity index (χ0) is 19.4. The zero-order valence-electron chi connectivity index (χ0n) is 15.0. The summed E-state index contributed by atoms with van der Waals surface area (Å²) in [5.74, 6) is -0.0304. The third-order valence-electron chi connectivity index (χ3n) is 4.17. The van der Waals surface area contributed by atoms with E-state index >= 15 is 0 Å². The minimum Gasteiger partial charge on any atom is -0.482 e. The number of benzene rings is 2. The van der Waals surface area contributed by atoms with Crippen LogP contribution in [0.15, 0.2) is 57.9 Å². The Morgan fingerprint density at radius 1 is 1.19 bits per heavy atom. The van der Waals surface area contributed by atoms with E-state index in [0.717, 1.165) is 6.42 Å². The van der Waals surface area contributed by atoms with Gasteiger partial charge in [0.25, 0.3) is 0 Å². The molecule has 0 aliphatic heterocycles. The van der Waals surface area contributed by atoms with Gasteiger partial charge in [-0.2, -0.15) is 0 Å². The molecule has 1 heterocycles. The average molecular weight is 387 g/mol. The summed E-state index contributed by atoms with van der Waals surface area (Å²) in [7, 11) is 0. The van der Waals surface area contributed by atoms with Crippen LogP contribution in [0.3, 0.4) is 0 Å². The highest BCUT2D eigenvalue weighted by atomic mass is 35.5. The second kappa shape index (κ2) is 8.27. The van der Waals surface area contributed by atoms with E-state index in [1.807, 2.05) is 13.8 Å². The van der Waals surface area contributed by atoms with E-state index in [0.29, 0.717) is 32.9 Å². The van der Waals surface area contributed by atoms with Gasteiger partial charge in [-0.15, -0.1) is 0 Å². The number of hydrogen-bond acceptors (Lipinski definition) is 5. The predicted molar refractivity (Wildman–Crippen MR) is 104 cm³/mol. The number of hydrogen-bond donors (Lipinski definition) is 0. The molecule has 140 valence electrons. The molecule has 3 rings (SSSR count). The molecule has 2 aromatic carbocycles. The first-order valence-electron chi connectivity index (χ1n) is 8.62. The quantitative estimate of drug-likeness (QED) is 0.567. The van der Waals surface area contributed by atoms with Gasteiger partial charge in [0.05, 0.1) is 17.1 Å². The summed E-state index contributed by atoms with van der Waals surface area (Å²) in [6.07, 6.45) is 1.96. The highest BCUT2D eigenvalue weighted by Crippen LogP contribution is 2.27. The van der Waals surface area contributed by atoms with Crippen molar-refractivity contribution in [1.82, 2.24) is 0 Å². The number of fused-ring (bicyclic) bond motifs is 1. The second-order valence-corrected chi connectivity index (χ2v) is 6.52. The fourth-order valence-corrected chi connectivity index (χ4v) is 2.79. The van der Waals surface area contributed by atoms with E-state index in [4.69, 9.17) is 25.5 Å². The van der Waals surface area contributed by atoms with Crippen molar-refractivity contribution in [1.29, 1.82) is 0 Å². The summed E-state index contributed by atoms with van der Waals surface area (Å²) in [5.41, 5.74) is 1.18. The van der Waals surface area contributed by atoms with Gasteiger partial charge in [-0.3, -0.25) is 4.79 Å². The molecule has 0 amide bonds. The van der Waals surface area contributed by atoms with E-state index in [9.17, 15) is 9.59 Å². The molecule has 1 aromatic heterocycles. The number of carbonyl (C=O) groups excluding carboxylic acids is 1. The van der Waals surface area contributed by atoms with Crippen molar-refractivity contribution in [2.75, 3.05) is 6.61 Å². The van der Waals surface area contributed by atoms with Crippen molar-refractivity contribution in [3.05, 3.63) is 64.0 Å². The first-order chi connectivity index (χ1) is 13.0. The largest absolute Gasteiger partial charge is 0.482 e. The second-order valence-electron chi connectivity index (χ2n) is 6.11. The van der Waals surface area contributed by atoms with Crippen molar-refractivity contribution in [3.8, 4) is 16.9 Å². The summed E-state index contributed by atoms with van der Waals surface area (Å²) in [6, 6.07) is 11.9. The summed E-state index contributed by atoms with van der Waals surface area (Å²) >= 11 is 6.18. The van der Waals surface area contributed by atoms with E-state index in [2.05, 4.69) is 0 Å². The Morgan fingerprint density at radius 2 is 1.96 bits per heavy atom. The van der Waals surface area contributed by atoms with Crippen LogP contribution in [0.2, 0.25) is 5.02 Å². The lowest BCUT2D eigenvalue weighted by Gasteiger charge is -2.11. The standard InChI is InChI=1S/C21H19ClO5/c1-3-13(2)27-20(23)12-25-14-8-9-16-19(10-14)26-11-17(21(16)24)15-6-4-5-7-18(15)22/h4-11,13H,3,12H2,1-2H3. The normalized spacial score (nSPS) is 12.0. The van der Waals surface area contributed by atoms with Crippen LogP contribution in [0.5, 0.6) is 5.75 Å². The summed E-state index contributed by atoms with van der Waals surface area (Å²) in [6.45, 7) is 3.54. The molecule has 1 unspecified atom stereocenters. The van der Waals surface area contributed by atoms with Crippen molar-refractivity contribution in [2.45, 2.75) is 26.4 Å². The van der Waals surface area contributed by atoms with Gasteiger partial charge in [0.1, 0.15) is 17.6 Å². The minimum absolute atomic E-state index is 0.154. The van der Waals surface area contributed by atoms with Gasteiger partial charge in [-0.05, 0) is 31.5 Å². The first-order valence-corrected chi connectivity index (χ1v) is 9.00. The van der Waals surface area contributed by atoms with Gasteiger partial charge in [0.15, 0.2) is 6.61 Å². The number of esters is 1. The molecule has 1 atom stereocenters. The molecule has 6 heteroatoms. The van der Waals surface area contributed by atoms with Crippen LogP contribution in [0, 0.1) is 0 Å².